The molecule has 0 saturated carbocycles. The van der Waals surface area contributed by atoms with E-state index in [0.717, 1.165) is 18.6 Å². The van der Waals surface area contributed by atoms with Crippen LogP contribution in [0.3, 0.4) is 0 Å². The molecule has 2 unspecified atom stereocenters. The van der Waals surface area contributed by atoms with Crippen molar-refractivity contribution in [2.45, 2.75) is 25.9 Å². The van der Waals surface area contributed by atoms with Crippen LogP contribution in [0.4, 0.5) is 14.5 Å². The van der Waals surface area contributed by atoms with Crippen LogP contribution >= 0.6 is 0 Å². The van der Waals surface area contributed by atoms with Gasteiger partial charge in [-0.3, -0.25) is 9.59 Å². The monoisotopic (exact) mass is 312 g/mol. The van der Waals surface area contributed by atoms with Crippen molar-refractivity contribution < 1.29 is 23.5 Å². The van der Waals surface area contributed by atoms with Crippen LogP contribution in [0.25, 0.3) is 0 Å². The number of nitrogens with zero attached hydrogens (tertiary/aromatic N) is 1. The summed E-state index contributed by atoms with van der Waals surface area (Å²) in [5, 5.41) is 11.7. The molecule has 2 amide bonds. The fourth-order valence-electron chi connectivity index (χ4n) is 2.50. The van der Waals surface area contributed by atoms with Gasteiger partial charge in [0, 0.05) is 25.1 Å². The third kappa shape index (κ3) is 3.79. The lowest BCUT2D eigenvalue weighted by Crippen LogP contribution is -2.47. The Morgan fingerprint density at radius 1 is 1.41 bits per heavy atom. The van der Waals surface area contributed by atoms with E-state index >= 15 is 0 Å². The number of halogens is 2. The largest absolute Gasteiger partial charge is 0.393 e. The van der Waals surface area contributed by atoms with Gasteiger partial charge in [0.05, 0.1) is 11.8 Å². The Morgan fingerprint density at radius 2 is 2.14 bits per heavy atom. The predicted octanol–water partition coefficient (Wildman–Crippen LogP) is 1.52. The van der Waals surface area contributed by atoms with E-state index in [0.29, 0.717) is 19.0 Å². The van der Waals surface area contributed by atoms with E-state index in [2.05, 4.69) is 5.32 Å². The summed E-state index contributed by atoms with van der Waals surface area (Å²) in [6, 6.07) is 2.68. The molecule has 120 valence electrons. The molecule has 1 saturated heterocycles. The Hall–Kier alpha value is -2.02. The first-order chi connectivity index (χ1) is 10.4. The summed E-state index contributed by atoms with van der Waals surface area (Å²) in [5.74, 6) is -3.54. The molecule has 0 radical (unpaired) electrons. The van der Waals surface area contributed by atoms with Gasteiger partial charge >= 0.3 is 11.8 Å². The number of likely N-dealkylation sites (tertiary alicyclic amines) is 1. The summed E-state index contributed by atoms with van der Waals surface area (Å²) < 4.78 is 26.3. The van der Waals surface area contributed by atoms with Crippen LogP contribution in [0.5, 0.6) is 0 Å². The number of benzene rings is 1. The van der Waals surface area contributed by atoms with E-state index in [1.807, 2.05) is 0 Å². The third-order valence-corrected chi connectivity index (χ3v) is 3.80. The molecule has 1 aromatic carbocycles. The van der Waals surface area contributed by atoms with Gasteiger partial charge in [0.15, 0.2) is 0 Å². The van der Waals surface area contributed by atoms with Crippen LogP contribution in [0.1, 0.15) is 19.8 Å². The average Bonchev–Trinajstić information content (AvgIpc) is 2.49. The number of aliphatic hydroxyl groups is 1. The summed E-state index contributed by atoms with van der Waals surface area (Å²) in [6.07, 6.45) is 0.919. The second-order valence-electron chi connectivity index (χ2n) is 5.47. The molecule has 1 aliphatic rings. The number of anilines is 1. The summed E-state index contributed by atoms with van der Waals surface area (Å²) in [6.45, 7) is 2.35. The van der Waals surface area contributed by atoms with Crippen molar-refractivity contribution >= 4 is 17.5 Å². The number of carbonyl (C=O) groups excluding carboxylic acids is 2. The van der Waals surface area contributed by atoms with Gasteiger partial charge in [-0.15, -0.1) is 0 Å². The molecule has 1 fully saturated rings. The van der Waals surface area contributed by atoms with Gasteiger partial charge in [-0.1, -0.05) is 0 Å². The minimum absolute atomic E-state index is 0.0759. The van der Waals surface area contributed by atoms with Crippen LogP contribution in [0, 0.1) is 17.6 Å². The number of nitrogens with one attached hydrogen (secondary N) is 1. The highest BCUT2D eigenvalue weighted by molar-refractivity contribution is 6.39. The third-order valence-electron chi connectivity index (χ3n) is 3.80. The molecule has 0 bridgehead atoms. The molecule has 22 heavy (non-hydrogen) atoms. The lowest BCUT2D eigenvalue weighted by Gasteiger charge is -2.33. The van der Waals surface area contributed by atoms with Crippen LogP contribution in [0.15, 0.2) is 18.2 Å². The molecule has 0 aromatic heterocycles. The van der Waals surface area contributed by atoms with Gasteiger partial charge in [0.1, 0.15) is 11.6 Å². The minimum atomic E-state index is -0.975. The highest BCUT2D eigenvalue weighted by Crippen LogP contribution is 2.20. The summed E-state index contributed by atoms with van der Waals surface area (Å²) in [7, 11) is 0. The molecule has 1 aromatic rings. The zero-order valence-corrected chi connectivity index (χ0v) is 12.2. The Kier molecular flexibility index (Phi) is 5.07. The molecule has 2 rings (SSSR count). The number of hydrogen-bond donors (Lipinski definition) is 2. The summed E-state index contributed by atoms with van der Waals surface area (Å²) >= 11 is 0. The van der Waals surface area contributed by atoms with E-state index < -0.39 is 29.6 Å². The quantitative estimate of drug-likeness (QED) is 0.814. The smallest absolute Gasteiger partial charge is 0.313 e. The molecule has 2 N–H and O–H groups in total. The van der Waals surface area contributed by atoms with Crippen LogP contribution < -0.4 is 5.32 Å². The number of aliphatic hydroxyl groups excluding tert-OH is 1. The molecule has 0 spiro atoms. The van der Waals surface area contributed by atoms with Crippen LogP contribution in [-0.4, -0.2) is 41.0 Å². The second kappa shape index (κ2) is 6.83. The number of rotatable bonds is 2. The van der Waals surface area contributed by atoms with Crippen molar-refractivity contribution in [1.29, 1.82) is 0 Å². The average molecular weight is 312 g/mol. The molecule has 7 heteroatoms. The van der Waals surface area contributed by atoms with Crippen molar-refractivity contribution in [2.75, 3.05) is 18.4 Å². The molecule has 5 nitrogen and oxygen atoms in total. The first kappa shape index (κ1) is 16.4. The van der Waals surface area contributed by atoms with Crippen LogP contribution in [-0.2, 0) is 9.59 Å². The fourth-order valence-corrected chi connectivity index (χ4v) is 2.50. The lowest BCUT2D eigenvalue weighted by molar-refractivity contribution is -0.144. The van der Waals surface area contributed by atoms with E-state index in [1.54, 1.807) is 6.92 Å². The van der Waals surface area contributed by atoms with Crippen molar-refractivity contribution in [3.8, 4) is 0 Å². The Bertz CT molecular complexity index is 578. The topological polar surface area (TPSA) is 69.6 Å². The van der Waals surface area contributed by atoms with E-state index in [4.69, 9.17) is 0 Å². The van der Waals surface area contributed by atoms with Gasteiger partial charge in [-0.05, 0) is 31.9 Å². The maximum absolute atomic E-state index is 13.5. The maximum Gasteiger partial charge on any atom is 0.313 e. The van der Waals surface area contributed by atoms with E-state index in [1.165, 1.54) is 4.90 Å². The molecule has 1 heterocycles. The molecule has 1 aliphatic heterocycles. The zero-order valence-electron chi connectivity index (χ0n) is 12.2. The number of piperidine rings is 1. The lowest BCUT2D eigenvalue weighted by atomic mass is 9.93. The molecule has 0 aliphatic carbocycles. The highest BCUT2D eigenvalue weighted by Gasteiger charge is 2.30. The first-order valence-electron chi connectivity index (χ1n) is 7.12. The standard InChI is InChI=1S/C15H18F2N2O3/c1-9(20)10-3-2-6-19(8-10)15(22)14(21)18-13-5-4-11(16)7-12(13)17/h4-5,7,9-10,20H,2-3,6,8H2,1H3,(H,18,21). The van der Waals surface area contributed by atoms with E-state index in [9.17, 15) is 23.5 Å². The molecular weight excluding hydrogens is 294 g/mol. The normalized spacial score (nSPS) is 19.6. The summed E-state index contributed by atoms with van der Waals surface area (Å²) in [4.78, 5) is 25.3. The van der Waals surface area contributed by atoms with Gasteiger partial charge in [-0.2, -0.15) is 0 Å². The van der Waals surface area contributed by atoms with Crippen molar-refractivity contribution in [3.05, 3.63) is 29.8 Å². The minimum Gasteiger partial charge on any atom is -0.393 e. The van der Waals surface area contributed by atoms with Crippen LogP contribution in [0.2, 0.25) is 0 Å². The Balaban J connectivity index is 2.01. The van der Waals surface area contributed by atoms with Gasteiger partial charge in [0.25, 0.3) is 0 Å². The van der Waals surface area contributed by atoms with Gasteiger partial charge in [-0.25, -0.2) is 8.78 Å². The van der Waals surface area contributed by atoms with Crippen molar-refractivity contribution in [1.82, 2.24) is 4.90 Å². The Labute approximate surface area is 126 Å². The number of hydrogen-bond acceptors (Lipinski definition) is 3. The fraction of sp³-hybridized carbons (Fsp3) is 0.467. The zero-order chi connectivity index (χ0) is 16.3. The number of carbonyl (C=O) groups is 2. The van der Waals surface area contributed by atoms with Crippen molar-refractivity contribution in [3.63, 3.8) is 0 Å². The maximum atomic E-state index is 13.5. The van der Waals surface area contributed by atoms with Gasteiger partial charge in [0.2, 0.25) is 0 Å². The second-order valence-corrected chi connectivity index (χ2v) is 5.47. The number of amides is 2. The highest BCUT2D eigenvalue weighted by atomic mass is 19.1. The van der Waals surface area contributed by atoms with E-state index in [-0.39, 0.29) is 18.2 Å². The summed E-state index contributed by atoms with van der Waals surface area (Å²) in [5.41, 5.74) is -0.246. The van der Waals surface area contributed by atoms with Crippen molar-refractivity contribution in [2.24, 2.45) is 5.92 Å². The first-order valence-corrected chi connectivity index (χ1v) is 7.12. The SMILES string of the molecule is CC(O)C1CCCN(C(=O)C(=O)Nc2ccc(F)cc2F)C1. The Morgan fingerprint density at radius 3 is 2.77 bits per heavy atom. The predicted molar refractivity (Wildman–Crippen MR) is 76.0 cm³/mol. The van der Waals surface area contributed by atoms with Gasteiger partial charge < -0.3 is 15.3 Å². The molecule has 2 atom stereocenters. The molecular formula is C15H18F2N2O3.